The second kappa shape index (κ2) is 11.0. The van der Waals surface area contributed by atoms with Crippen LogP contribution in [0.15, 0.2) is 86.5 Å². The molecule has 0 saturated carbocycles. The van der Waals surface area contributed by atoms with Crippen LogP contribution in [-0.2, 0) is 0 Å². The second-order valence-corrected chi connectivity index (χ2v) is 2.77. The van der Waals surface area contributed by atoms with Gasteiger partial charge in [0.2, 0.25) is 0 Å². The van der Waals surface area contributed by atoms with Gasteiger partial charge in [0, 0.05) is 0 Å². The van der Waals surface area contributed by atoms with Crippen LogP contribution in [0.2, 0.25) is 0 Å². The van der Waals surface area contributed by atoms with Crippen LogP contribution < -0.4 is 0 Å². The summed E-state index contributed by atoms with van der Waals surface area (Å²) in [5.41, 5.74) is 1.17. The van der Waals surface area contributed by atoms with Crippen molar-refractivity contribution < 1.29 is 0 Å². The molecule has 0 unspecified atom stereocenters. The summed E-state index contributed by atoms with van der Waals surface area (Å²) in [7, 11) is 0. The molecule has 0 aliphatic carbocycles. The van der Waals surface area contributed by atoms with Crippen molar-refractivity contribution in [1.29, 1.82) is 0 Å². The lowest BCUT2D eigenvalue weighted by atomic mass is 10.2. The quantitative estimate of drug-likeness (QED) is 0.592. The lowest BCUT2D eigenvalue weighted by Gasteiger charge is -1.85. The zero-order valence-corrected chi connectivity index (χ0v) is 9.55. The molecule has 0 amide bonds. The Labute approximate surface area is 98.6 Å². The van der Waals surface area contributed by atoms with Gasteiger partial charge in [0.25, 0.3) is 0 Å². The first-order valence-electron chi connectivity index (χ1n) is 5.11. The van der Waals surface area contributed by atoms with Crippen LogP contribution in [0.3, 0.4) is 0 Å². The molecule has 0 saturated heterocycles. The predicted molar refractivity (Wildman–Crippen MR) is 74.2 cm³/mol. The third-order valence-electron chi connectivity index (χ3n) is 1.70. The van der Waals surface area contributed by atoms with Crippen molar-refractivity contribution in [2.24, 2.45) is 0 Å². The molecule has 82 valence electrons. The van der Waals surface area contributed by atoms with E-state index in [1.165, 1.54) is 5.56 Å². The maximum atomic E-state index is 3.63. The molecule has 2 rings (SSSR count). The van der Waals surface area contributed by atoms with Gasteiger partial charge in [-0.05, 0) is 5.56 Å². The molecule has 0 aliphatic rings. The molecule has 0 fully saturated rings. The van der Waals surface area contributed by atoms with Gasteiger partial charge in [0.05, 0.1) is 0 Å². The molecule has 0 heterocycles. The molecule has 0 N–H and O–H groups in total. The molecule has 0 bridgehead atoms. The summed E-state index contributed by atoms with van der Waals surface area (Å²) in [4.78, 5) is 0. The van der Waals surface area contributed by atoms with Crippen LogP contribution >= 0.6 is 0 Å². The Kier molecular flexibility index (Phi) is 9.57. The number of rotatable bonds is 1. The molecule has 16 heavy (non-hydrogen) atoms. The van der Waals surface area contributed by atoms with Crippen molar-refractivity contribution in [2.75, 3.05) is 0 Å². The van der Waals surface area contributed by atoms with Crippen LogP contribution in [0.4, 0.5) is 0 Å². The minimum Gasteiger partial charge on any atom is -0.106 e. The molecule has 0 spiro atoms. The molecular formula is C16H18. The SMILES string of the molecule is C=C.C=Cc1ccccc1.c1ccccc1. The van der Waals surface area contributed by atoms with Crippen molar-refractivity contribution >= 4 is 6.08 Å². The summed E-state index contributed by atoms with van der Waals surface area (Å²) in [6.07, 6.45) is 1.83. The fraction of sp³-hybridized carbons (Fsp3) is 0. The second-order valence-electron chi connectivity index (χ2n) is 2.77. The van der Waals surface area contributed by atoms with Crippen LogP contribution in [-0.4, -0.2) is 0 Å². The molecule has 0 aromatic heterocycles. The van der Waals surface area contributed by atoms with Gasteiger partial charge in [-0.15, -0.1) is 13.2 Å². The Morgan fingerprint density at radius 2 is 0.938 bits per heavy atom. The first kappa shape index (κ1) is 13.9. The Balaban J connectivity index is 0.000000251. The first-order chi connectivity index (χ1) is 7.93. The van der Waals surface area contributed by atoms with Crippen LogP contribution in [0.1, 0.15) is 5.56 Å². The van der Waals surface area contributed by atoms with E-state index >= 15 is 0 Å². The van der Waals surface area contributed by atoms with Gasteiger partial charge in [-0.25, -0.2) is 0 Å². The van der Waals surface area contributed by atoms with E-state index in [2.05, 4.69) is 19.7 Å². The molecule has 2 aromatic rings. The van der Waals surface area contributed by atoms with Crippen molar-refractivity contribution in [3.05, 3.63) is 92.0 Å². The highest BCUT2D eigenvalue weighted by Gasteiger charge is 1.75. The van der Waals surface area contributed by atoms with Crippen molar-refractivity contribution in [3.8, 4) is 0 Å². The number of hydrogen-bond acceptors (Lipinski definition) is 0. The van der Waals surface area contributed by atoms with E-state index in [9.17, 15) is 0 Å². The average molecular weight is 210 g/mol. The van der Waals surface area contributed by atoms with Crippen LogP contribution in [0.5, 0.6) is 0 Å². The van der Waals surface area contributed by atoms with E-state index in [1.54, 1.807) is 0 Å². The third-order valence-corrected chi connectivity index (χ3v) is 1.70. The highest BCUT2D eigenvalue weighted by atomic mass is 13.8. The Morgan fingerprint density at radius 1 is 0.625 bits per heavy atom. The summed E-state index contributed by atoms with van der Waals surface area (Å²) in [6.45, 7) is 9.63. The summed E-state index contributed by atoms with van der Waals surface area (Å²) < 4.78 is 0. The van der Waals surface area contributed by atoms with E-state index < -0.39 is 0 Å². The van der Waals surface area contributed by atoms with Crippen LogP contribution in [0.25, 0.3) is 6.08 Å². The van der Waals surface area contributed by atoms with E-state index in [-0.39, 0.29) is 0 Å². The molecular weight excluding hydrogens is 192 g/mol. The zero-order chi connectivity index (χ0) is 12.1. The van der Waals surface area contributed by atoms with E-state index in [0.29, 0.717) is 0 Å². The van der Waals surface area contributed by atoms with Gasteiger partial charge in [0.15, 0.2) is 0 Å². The smallest absolute Gasteiger partial charge is 0.0263 e. The van der Waals surface area contributed by atoms with E-state index in [4.69, 9.17) is 0 Å². The summed E-state index contributed by atoms with van der Waals surface area (Å²) in [5.74, 6) is 0. The standard InChI is InChI=1S/C8H8.C6H6.C2H4/c1-2-8-6-4-3-5-7-8;1-2-4-6-5-3-1;1-2/h2-7H,1H2;1-6H;1-2H2. The fourth-order valence-electron chi connectivity index (χ4n) is 0.974. The van der Waals surface area contributed by atoms with Crippen molar-refractivity contribution in [2.45, 2.75) is 0 Å². The first-order valence-corrected chi connectivity index (χ1v) is 5.11. The highest BCUT2D eigenvalue weighted by Crippen LogP contribution is 1.97. The molecule has 0 aliphatic heterocycles. The number of hydrogen-bond donors (Lipinski definition) is 0. The largest absolute Gasteiger partial charge is 0.106 e. The lowest BCUT2D eigenvalue weighted by Crippen LogP contribution is -1.63. The van der Waals surface area contributed by atoms with Gasteiger partial charge in [-0.2, -0.15) is 0 Å². The monoisotopic (exact) mass is 210 g/mol. The molecule has 0 heteroatoms. The maximum Gasteiger partial charge on any atom is -0.0263 e. The molecule has 0 radical (unpaired) electrons. The Morgan fingerprint density at radius 3 is 1.19 bits per heavy atom. The van der Waals surface area contributed by atoms with Gasteiger partial charge >= 0.3 is 0 Å². The van der Waals surface area contributed by atoms with Gasteiger partial charge < -0.3 is 0 Å². The summed E-state index contributed by atoms with van der Waals surface area (Å²) in [5, 5.41) is 0. The maximum absolute atomic E-state index is 3.63. The van der Waals surface area contributed by atoms with E-state index in [0.717, 1.165) is 0 Å². The lowest BCUT2D eigenvalue weighted by molar-refractivity contribution is 1.67. The van der Waals surface area contributed by atoms with Crippen molar-refractivity contribution in [1.82, 2.24) is 0 Å². The third kappa shape index (κ3) is 7.34. The van der Waals surface area contributed by atoms with Crippen molar-refractivity contribution in [3.63, 3.8) is 0 Å². The molecule has 0 atom stereocenters. The van der Waals surface area contributed by atoms with Gasteiger partial charge in [0.1, 0.15) is 0 Å². The normalized spacial score (nSPS) is 7.50. The topological polar surface area (TPSA) is 0 Å². The summed E-state index contributed by atoms with van der Waals surface area (Å²) >= 11 is 0. The molecule has 2 aromatic carbocycles. The highest BCUT2D eigenvalue weighted by molar-refractivity contribution is 5.45. The van der Waals surface area contributed by atoms with Crippen LogP contribution in [0, 0.1) is 0 Å². The average Bonchev–Trinajstić information content (AvgIpc) is 2.44. The van der Waals surface area contributed by atoms with Gasteiger partial charge in [-0.1, -0.05) is 79.4 Å². The number of benzene rings is 2. The Hall–Kier alpha value is -2.08. The minimum atomic E-state index is 1.17. The summed E-state index contributed by atoms with van der Waals surface area (Å²) in [6, 6.07) is 22.0. The minimum absolute atomic E-state index is 1.17. The fourth-order valence-corrected chi connectivity index (χ4v) is 0.974. The van der Waals surface area contributed by atoms with Gasteiger partial charge in [-0.3, -0.25) is 0 Å². The predicted octanol–water partition coefficient (Wildman–Crippen LogP) is 4.82. The van der Waals surface area contributed by atoms with E-state index in [1.807, 2.05) is 72.8 Å². The Bertz CT molecular complexity index is 322. The zero-order valence-electron chi connectivity index (χ0n) is 9.55. The molecule has 0 nitrogen and oxygen atoms in total.